The average Bonchev–Trinajstić information content (AvgIpc) is 3.06. The molecule has 4 fully saturated rings. The van der Waals surface area contributed by atoms with E-state index < -0.39 is 0 Å². The molecule has 0 aromatic heterocycles. The third-order valence-electron chi connectivity index (χ3n) is 10.4. The van der Waals surface area contributed by atoms with E-state index in [1.807, 2.05) is 0 Å². The van der Waals surface area contributed by atoms with Crippen molar-refractivity contribution >= 4 is 11.8 Å². The first-order valence-corrected chi connectivity index (χ1v) is 12.0. The van der Waals surface area contributed by atoms with E-state index in [0.29, 0.717) is 47.7 Å². The zero-order chi connectivity index (χ0) is 21.0. The minimum absolute atomic E-state index is 0.0373. The molecular formula is C25H40O4. The second kappa shape index (κ2) is 7.66. The van der Waals surface area contributed by atoms with E-state index in [2.05, 4.69) is 20.8 Å². The Balaban J connectivity index is 1.54. The average molecular weight is 405 g/mol. The van der Waals surface area contributed by atoms with Gasteiger partial charge in [-0.25, -0.2) is 0 Å². The molecule has 4 unspecified atom stereocenters. The van der Waals surface area contributed by atoms with Gasteiger partial charge in [0.2, 0.25) is 0 Å². The van der Waals surface area contributed by atoms with Crippen molar-refractivity contribution in [3.8, 4) is 0 Å². The molecule has 0 saturated heterocycles. The molecule has 4 nitrogen and oxygen atoms in total. The van der Waals surface area contributed by atoms with Crippen LogP contribution in [0.15, 0.2) is 0 Å². The first kappa shape index (κ1) is 21.3. The zero-order valence-corrected chi connectivity index (χ0v) is 18.8. The Hall–Kier alpha value is -0.900. The van der Waals surface area contributed by atoms with Gasteiger partial charge in [0.05, 0.1) is 13.2 Å². The van der Waals surface area contributed by atoms with Gasteiger partial charge in [0.25, 0.3) is 0 Å². The fraction of sp³-hybridized carbons (Fsp3) is 0.920. The van der Waals surface area contributed by atoms with Gasteiger partial charge in [0.15, 0.2) is 0 Å². The highest BCUT2D eigenvalue weighted by atomic mass is 16.5. The molecule has 1 N–H and O–H groups in total. The van der Waals surface area contributed by atoms with Crippen LogP contribution in [0.3, 0.4) is 0 Å². The number of carbonyl (C=O) groups is 2. The van der Waals surface area contributed by atoms with Gasteiger partial charge in [-0.3, -0.25) is 9.59 Å². The van der Waals surface area contributed by atoms with Crippen LogP contribution < -0.4 is 0 Å². The molecule has 0 spiro atoms. The van der Waals surface area contributed by atoms with E-state index >= 15 is 0 Å². The maximum Gasteiger partial charge on any atom is 0.305 e. The lowest BCUT2D eigenvalue weighted by atomic mass is 9.44. The molecule has 0 aromatic rings. The van der Waals surface area contributed by atoms with Gasteiger partial charge in [-0.1, -0.05) is 20.8 Å². The largest absolute Gasteiger partial charge is 0.469 e. The summed E-state index contributed by atoms with van der Waals surface area (Å²) in [6, 6.07) is 0. The second-order valence-corrected chi connectivity index (χ2v) is 11.3. The fourth-order valence-corrected chi connectivity index (χ4v) is 8.62. The molecular weight excluding hydrogens is 364 g/mol. The molecule has 0 aliphatic heterocycles. The van der Waals surface area contributed by atoms with E-state index in [0.717, 1.165) is 32.1 Å². The molecule has 164 valence electrons. The number of carbonyl (C=O) groups excluding carboxylic acids is 2. The molecule has 4 aliphatic carbocycles. The Morgan fingerprint density at radius 2 is 1.97 bits per heavy atom. The number of fused-ring (bicyclic) bond motifs is 5. The zero-order valence-electron chi connectivity index (χ0n) is 18.8. The number of hydrogen-bond acceptors (Lipinski definition) is 4. The lowest BCUT2D eigenvalue weighted by Gasteiger charge is -2.62. The molecule has 4 aliphatic rings. The van der Waals surface area contributed by atoms with E-state index in [9.17, 15) is 14.7 Å². The second-order valence-electron chi connectivity index (χ2n) is 11.3. The Morgan fingerprint density at radius 3 is 2.69 bits per heavy atom. The highest BCUT2D eigenvalue weighted by molar-refractivity contribution is 5.79. The molecule has 4 rings (SSSR count). The monoisotopic (exact) mass is 404 g/mol. The van der Waals surface area contributed by atoms with Crippen molar-refractivity contribution in [2.24, 2.45) is 46.3 Å². The van der Waals surface area contributed by atoms with Crippen LogP contribution in [0.4, 0.5) is 0 Å². The minimum atomic E-state index is -0.268. The van der Waals surface area contributed by atoms with Crippen molar-refractivity contribution in [3.05, 3.63) is 0 Å². The highest BCUT2D eigenvalue weighted by Crippen LogP contribution is 2.68. The topological polar surface area (TPSA) is 63.6 Å². The summed E-state index contributed by atoms with van der Waals surface area (Å²) in [5.74, 6) is 3.59. The normalized spacial score (nSPS) is 47.7. The number of aliphatic hydroxyl groups is 1. The van der Waals surface area contributed by atoms with Gasteiger partial charge in [0.1, 0.15) is 5.78 Å². The van der Waals surface area contributed by atoms with E-state index in [-0.39, 0.29) is 22.9 Å². The summed E-state index contributed by atoms with van der Waals surface area (Å²) in [7, 11) is 1.46. The number of hydrogen-bond donors (Lipinski definition) is 1. The van der Waals surface area contributed by atoms with E-state index in [4.69, 9.17) is 4.74 Å². The molecule has 4 saturated carbocycles. The predicted molar refractivity (Wildman–Crippen MR) is 112 cm³/mol. The first-order chi connectivity index (χ1) is 13.7. The number of aliphatic hydroxyl groups excluding tert-OH is 1. The number of Topliss-reactive ketones (excluding diaryl/α,β-unsaturated/α-hetero) is 1. The van der Waals surface area contributed by atoms with Crippen LogP contribution in [0.1, 0.15) is 85.0 Å². The predicted octanol–water partition coefficient (Wildman–Crippen LogP) is 4.77. The Morgan fingerprint density at radius 1 is 1.21 bits per heavy atom. The van der Waals surface area contributed by atoms with Gasteiger partial charge in [0, 0.05) is 19.3 Å². The third kappa shape index (κ3) is 3.28. The van der Waals surface area contributed by atoms with Crippen LogP contribution in [-0.4, -0.2) is 30.1 Å². The van der Waals surface area contributed by atoms with Crippen LogP contribution in [0.25, 0.3) is 0 Å². The Labute approximate surface area is 176 Å². The SMILES string of the molecule is COC(=O)CC[C@H](C)C1CC[C@H]2[C@@H]3CC[C@@H]4CC(=O)CCC4(C)[C@H]3CC(O)C12C. The summed E-state index contributed by atoms with van der Waals surface area (Å²) in [6.45, 7) is 7.05. The summed E-state index contributed by atoms with van der Waals surface area (Å²) in [4.78, 5) is 23.7. The smallest absolute Gasteiger partial charge is 0.305 e. The Kier molecular flexibility index (Phi) is 5.63. The van der Waals surface area contributed by atoms with Crippen molar-refractivity contribution in [2.45, 2.75) is 91.1 Å². The van der Waals surface area contributed by atoms with Crippen LogP contribution in [0.2, 0.25) is 0 Å². The van der Waals surface area contributed by atoms with Crippen LogP contribution in [0.5, 0.6) is 0 Å². The molecule has 9 atom stereocenters. The summed E-state index contributed by atoms with van der Waals surface area (Å²) in [5, 5.41) is 11.5. The minimum Gasteiger partial charge on any atom is -0.469 e. The molecule has 0 aromatic carbocycles. The quantitative estimate of drug-likeness (QED) is 0.685. The number of ether oxygens (including phenoxy) is 1. The van der Waals surface area contributed by atoms with Gasteiger partial charge >= 0.3 is 5.97 Å². The lowest BCUT2D eigenvalue weighted by Crippen LogP contribution is -2.58. The Bertz CT molecular complexity index is 659. The molecule has 0 heterocycles. The third-order valence-corrected chi connectivity index (χ3v) is 10.4. The maximum absolute atomic E-state index is 12.1. The van der Waals surface area contributed by atoms with Gasteiger partial charge in [-0.05, 0) is 91.3 Å². The van der Waals surface area contributed by atoms with E-state index in [1.54, 1.807) is 0 Å². The summed E-state index contributed by atoms with van der Waals surface area (Å²) >= 11 is 0. The summed E-state index contributed by atoms with van der Waals surface area (Å²) < 4.78 is 4.84. The molecule has 4 heteroatoms. The number of esters is 1. The molecule has 0 bridgehead atoms. The van der Waals surface area contributed by atoms with Gasteiger partial charge in [-0.2, -0.15) is 0 Å². The van der Waals surface area contributed by atoms with Crippen LogP contribution in [-0.2, 0) is 14.3 Å². The maximum atomic E-state index is 12.1. The van der Waals surface area contributed by atoms with E-state index in [1.165, 1.54) is 32.8 Å². The molecule has 0 radical (unpaired) electrons. The standard InChI is InChI=1S/C25H40O4/c1-15(5-10-23(28)29-4)19-8-9-20-18-7-6-16-13-17(26)11-12-24(16,2)21(18)14-22(27)25(19,20)3/h15-16,18-22,27H,5-14H2,1-4H3/t15-,16+,18-,19?,20-,21-,22?,24?,25?/m0/s1. The number of ketones is 1. The van der Waals surface area contributed by atoms with Crippen molar-refractivity contribution < 1.29 is 19.4 Å². The van der Waals surface area contributed by atoms with Crippen molar-refractivity contribution in [1.82, 2.24) is 0 Å². The lowest BCUT2D eigenvalue weighted by molar-refractivity contribution is -0.171. The number of rotatable bonds is 4. The summed E-state index contributed by atoms with van der Waals surface area (Å²) in [6.07, 6.45) is 9.29. The van der Waals surface area contributed by atoms with Crippen molar-refractivity contribution in [1.29, 1.82) is 0 Å². The fourth-order valence-electron chi connectivity index (χ4n) is 8.62. The number of methoxy groups -OCH3 is 1. The molecule has 0 amide bonds. The highest BCUT2D eigenvalue weighted by Gasteiger charge is 2.63. The van der Waals surface area contributed by atoms with Crippen LogP contribution >= 0.6 is 0 Å². The van der Waals surface area contributed by atoms with Crippen LogP contribution in [0, 0.1) is 46.3 Å². The first-order valence-electron chi connectivity index (χ1n) is 12.0. The summed E-state index contributed by atoms with van der Waals surface area (Å²) in [5.41, 5.74) is 0.193. The molecule has 29 heavy (non-hydrogen) atoms. The van der Waals surface area contributed by atoms with Crippen molar-refractivity contribution in [2.75, 3.05) is 7.11 Å². The van der Waals surface area contributed by atoms with Gasteiger partial charge in [-0.15, -0.1) is 0 Å². The van der Waals surface area contributed by atoms with Gasteiger partial charge < -0.3 is 9.84 Å². The van der Waals surface area contributed by atoms with Crippen molar-refractivity contribution in [3.63, 3.8) is 0 Å².